The van der Waals surface area contributed by atoms with E-state index in [0.717, 1.165) is 44.9 Å². The molecular formula is C29H40O6. The third-order valence-electron chi connectivity index (χ3n) is 11.9. The van der Waals surface area contributed by atoms with Gasteiger partial charge in [0.25, 0.3) is 0 Å². The normalized spacial score (nSPS) is 54.9. The average molecular weight is 485 g/mol. The monoisotopic (exact) mass is 484 g/mol. The van der Waals surface area contributed by atoms with Crippen LogP contribution in [0.5, 0.6) is 0 Å². The largest absolute Gasteiger partial charge is 0.462 e. The van der Waals surface area contributed by atoms with Gasteiger partial charge >= 0.3 is 11.9 Å². The fourth-order valence-corrected chi connectivity index (χ4v) is 10.1. The smallest absolute Gasteiger partial charge is 0.332 e. The van der Waals surface area contributed by atoms with Gasteiger partial charge in [0.15, 0.2) is 5.60 Å². The van der Waals surface area contributed by atoms with Crippen LogP contribution >= 0.6 is 0 Å². The molecule has 0 bridgehead atoms. The first-order chi connectivity index (χ1) is 16.8. The third kappa shape index (κ3) is 2.90. The summed E-state index contributed by atoms with van der Waals surface area (Å²) in [7, 11) is 0. The number of unbranched alkanes of at least 4 members (excludes halogenated alkanes) is 1. The molecule has 6 fully saturated rings. The summed E-state index contributed by atoms with van der Waals surface area (Å²) in [6.45, 7) is 7.10. The molecule has 11 atom stereocenters. The number of carbonyl (C=O) groups is 2. The minimum absolute atomic E-state index is 0.00454. The van der Waals surface area contributed by atoms with Crippen molar-refractivity contribution in [2.24, 2.45) is 34.5 Å². The summed E-state index contributed by atoms with van der Waals surface area (Å²) in [5.74, 6) is 1.94. The fourth-order valence-electron chi connectivity index (χ4n) is 10.1. The molecule has 7 aliphatic rings. The van der Waals surface area contributed by atoms with Gasteiger partial charge in [0.2, 0.25) is 6.29 Å². The van der Waals surface area contributed by atoms with Crippen molar-refractivity contribution in [3.8, 4) is 0 Å². The van der Waals surface area contributed by atoms with E-state index in [9.17, 15) is 9.59 Å². The number of hydrogen-bond acceptors (Lipinski definition) is 6. The van der Waals surface area contributed by atoms with Gasteiger partial charge in [-0.1, -0.05) is 27.2 Å². The SMILES string of the molecule is CCCCC(=O)O[C@H]1CC[C@@]2(C)[C@H](CC[C@@H]3[C@@H]2CC[C@]2(C)[C@@H]([C@]45C=CC(=O)O[C@H]4O5)C[C@H]4O[C@]342)C1. The van der Waals surface area contributed by atoms with Crippen molar-refractivity contribution in [3.63, 3.8) is 0 Å². The van der Waals surface area contributed by atoms with Crippen molar-refractivity contribution in [2.45, 2.75) is 121 Å². The van der Waals surface area contributed by atoms with Crippen LogP contribution in [-0.4, -0.2) is 41.6 Å². The highest BCUT2D eigenvalue weighted by molar-refractivity contribution is 5.84. The Hall–Kier alpha value is -1.40. The maximum Gasteiger partial charge on any atom is 0.332 e. The second-order valence-corrected chi connectivity index (χ2v) is 13.2. The molecule has 3 heterocycles. The molecule has 1 spiro atoms. The van der Waals surface area contributed by atoms with E-state index in [1.165, 1.54) is 19.3 Å². The molecular weight excluding hydrogens is 444 g/mol. The zero-order valence-corrected chi connectivity index (χ0v) is 21.4. The van der Waals surface area contributed by atoms with Gasteiger partial charge in [-0.25, -0.2) is 4.79 Å². The Kier molecular flexibility index (Phi) is 4.77. The second-order valence-electron chi connectivity index (χ2n) is 13.2. The number of rotatable bonds is 5. The van der Waals surface area contributed by atoms with E-state index < -0.39 is 11.9 Å². The predicted molar refractivity (Wildman–Crippen MR) is 127 cm³/mol. The molecule has 0 unspecified atom stereocenters. The van der Waals surface area contributed by atoms with E-state index in [2.05, 4.69) is 20.8 Å². The number of esters is 2. The van der Waals surface area contributed by atoms with Crippen LogP contribution < -0.4 is 0 Å². The van der Waals surface area contributed by atoms with E-state index in [4.69, 9.17) is 18.9 Å². The molecule has 0 N–H and O–H groups in total. The van der Waals surface area contributed by atoms with Gasteiger partial charge in [-0.2, -0.15) is 0 Å². The minimum atomic E-state index is -0.430. The predicted octanol–water partition coefficient (Wildman–Crippen LogP) is 5.09. The van der Waals surface area contributed by atoms with Crippen molar-refractivity contribution in [3.05, 3.63) is 12.2 Å². The number of fused-ring (bicyclic) bond motifs is 4. The molecule has 6 heteroatoms. The summed E-state index contributed by atoms with van der Waals surface area (Å²) >= 11 is 0. The molecule has 0 radical (unpaired) electrons. The summed E-state index contributed by atoms with van der Waals surface area (Å²) in [5, 5.41) is 0. The number of epoxide rings is 2. The Morgan fingerprint density at radius 2 is 1.94 bits per heavy atom. The van der Waals surface area contributed by atoms with Crippen LogP contribution in [0.3, 0.4) is 0 Å². The standard InChI is InChI=1S/C29H40O6/c1-4-5-6-23(30)32-18-9-12-26(2)17(15-18)7-8-20-19(26)10-13-27(3)21(16-22-29(20,27)34-22)28-14-11-24(31)33-25(28)35-28/h11,14,17-22,25H,4-10,12-13,15-16H2,1-3H3/t17-,18+,19+,20-,21+,22-,25+,26+,27-,28-,29-/m1/s1. The van der Waals surface area contributed by atoms with Gasteiger partial charge in [-0.3, -0.25) is 4.79 Å². The quantitative estimate of drug-likeness (QED) is 0.400. The van der Waals surface area contributed by atoms with Gasteiger partial charge in [0.05, 0.1) is 6.10 Å². The molecule has 0 amide bonds. The van der Waals surface area contributed by atoms with Crippen LogP contribution in [0.25, 0.3) is 0 Å². The topological polar surface area (TPSA) is 77.7 Å². The van der Waals surface area contributed by atoms with Crippen molar-refractivity contribution in [1.82, 2.24) is 0 Å². The number of ether oxygens (including phenoxy) is 4. The lowest BCUT2D eigenvalue weighted by Gasteiger charge is -2.61. The van der Waals surface area contributed by atoms with E-state index >= 15 is 0 Å². The van der Waals surface area contributed by atoms with E-state index in [1.54, 1.807) is 6.08 Å². The van der Waals surface area contributed by atoms with Crippen LogP contribution in [0, 0.1) is 34.5 Å². The van der Waals surface area contributed by atoms with Gasteiger partial charge < -0.3 is 18.9 Å². The molecule has 192 valence electrons. The molecule has 3 aliphatic heterocycles. The second kappa shape index (κ2) is 7.34. The van der Waals surface area contributed by atoms with Gasteiger partial charge in [-0.05, 0) is 87.0 Å². The van der Waals surface area contributed by atoms with Gasteiger partial charge in [0.1, 0.15) is 11.7 Å². The molecule has 0 aromatic heterocycles. The van der Waals surface area contributed by atoms with E-state index in [1.807, 2.05) is 6.08 Å². The lowest BCUT2D eigenvalue weighted by molar-refractivity contribution is -0.168. The van der Waals surface area contributed by atoms with Crippen LogP contribution in [0.1, 0.15) is 91.4 Å². The molecule has 2 saturated heterocycles. The van der Waals surface area contributed by atoms with Crippen molar-refractivity contribution in [1.29, 1.82) is 0 Å². The maximum absolute atomic E-state index is 12.3. The molecule has 4 saturated carbocycles. The molecule has 35 heavy (non-hydrogen) atoms. The Morgan fingerprint density at radius 3 is 2.74 bits per heavy atom. The number of carbonyl (C=O) groups excluding carboxylic acids is 2. The summed E-state index contributed by atoms with van der Waals surface area (Å²) in [5.41, 5.74) is -0.118. The van der Waals surface area contributed by atoms with Gasteiger partial charge in [-0.15, -0.1) is 0 Å². The average Bonchev–Trinajstić information content (AvgIpc) is 3.72. The summed E-state index contributed by atoms with van der Waals surface area (Å²) in [6.07, 6.45) is 15.1. The van der Waals surface area contributed by atoms with Crippen molar-refractivity contribution < 1.29 is 28.5 Å². The molecule has 0 aromatic rings. The highest BCUT2D eigenvalue weighted by Crippen LogP contribution is 2.79. The third-order valence-corrected chi connectivity index (χ3v) is 11.9. The first-order valence-corrected chi connectivity index (χ1v) is 14.2. The molecule has 0 aromatic carbocycles. The molecule has 7 rings (SSSR count). The Bertz CT molecular complexity index is 976. The lowest BCUT2D eigenvalue weighted by Crippen LogP contribution is -2.59. The minimum Gasteiger partial charge on any atom is -0.462 e. The molecule has 4 aliphatic carbocycles. The van der Waals surface area contributed by atoms with Crippen LogP contribution in [0.2, 0.25) is 0 Å². The zero-order valence-electron chi connectivity index (χ0n) is 21.4. The van der Waals surface area contributed by atoms with Crippen LogP contribution in [0.4, 0.5) is 0 Å². The van der Waals surface area contributed by atoms with E-state index in [0.29, 0.717) is 41.6 Å². The first-order valence-electron chi connectivity index (χ1n) is 14.2. The highest BCUT2D eigenvalue weighted by atomic mass is 16.8. The maximum atomic E-state index is 12.3. The first kappa shape index (κ1) is 22.8. The summed E-state index contributed by atoms with van der Waals surface area (Å²) in [6, 6.07) is 0. The van der Waals surface area contributed by atoms with Crippen molar-refractivity contribution in [2.75, 3.05) is 0 Å². The van der Waals surface area contributed by atoms with Crippen LogP contribution in [0.15, 0.2) is 12.2 Å². The van der Waals surface area contributed by atoms with E-state index in [-0.39, 0.29) is 29.1 Å². The summed E-state index contributed by atoms with van der Waals surface area (Å²) < 4.78 is 24.2. The lowest BCUT2D eigenvalue weighted by atomic mass is 9.43. The zero-order chi connectivity index (χ0) is 24.2. The Balaban J connectivity index is 1.10. The summed E-state index contributed by atoms with van der Waals surface area (Å²) in [4.78, 5) is 24.0. The molecule has 6 nitrogen and oxygen atoms in total. The Morgan fingerprint density at radius 1 is 1.09 bits per heavy atom. The fraction of sp³-hybridized carbons (Fsp3) is 0.862. The highest BCUT2D eigenvalue weighted by Gasteiger charge is 2.85. The van der Waals surface area contributed by atoms with Gasteiger partial charge in [0, 0.05) is 23.8 Å². The van der Waals surface area contributed by atoms with Crippen LogP contribution in [-0.2, 0) is 28.5 Å². The van der Waals surface area contributed by atoms with Crippen molar-refractivity contribution >= 4 is 11.9 Å². The Labute approximate surface area is 208 Å². The number of hydrogen-bond donors (Lipinski definition) is 0.